The number of nitrogens with one attached hydrogen (secondary N) is 12. The molecule has 0 aromatic heterocycles. The van der Waals surface area contributed by atoms with Crippen LogP contribution in [0.4, 0.5) is 28.8 Å². The number of hydrogen-bond acceptors (Lipinski definition) is 24. The summed E-state index contributed by atoms with van der Waals surface area (Å²) in [5.74, 6) is -5.14. The number of esters is 2. The SMILES string of the molecule is CCCCCC(NC(=O)[C@H](CCCCNC(=O)OC(C)(C)C)NC(=O)[C@H](CCCCNC(=O)OC(C)(C)C)NC(=O)[C@H](CCCCC)NC(=O)OC(C)(C)C)C(=O)OC.COC(=O)C(CCCCN)NC(=O)[C@H](CCCCNC(=O)OC(C)(C)C)NC(=O)[C@H](CCCCNC(=O)OC(C)(C)C)NC(=O)[C@H](CCCCN)NC(=O)OC(C)(C)C. The first kappa shape index (κ1) is 111. The van der Waals surface area contributed by atoms with E-state index in [1.165, 1.54) is 14.2 Å². The van der Waals surface area contributed by atoms with Gasteiger partial charge in [-0.15, -0.1) is 0 Å². The number of carbonyl (C=O) groups excluding carboxylic acids is 14. The van der Waals surface area contributed by atoms with E-state index in [-0.39, 0.29) is 64.7 Å². The van der Waals surface area contributed by atoms with E-state index < -0.39 is 166 Å². The van der Waals surface area contributed by atoms with Crippen molar-refractivity contribution >= 4 is 83.9 Å². The van der Waals surface area contributed by atoms with Gasteiger partial charge in [0.2, 0.25) is 35.4 Å². The van der Waals surface area contributed by atoms with Crippen LogP contribution in [0, 0.1) is 0 Å². The lowest BCUT2D eigenvalue weighted by molar-refractivity contribution is -0.146. The molecule has 36 heteroatoms. The quantitative estimate of drug-likeness (QED) is 0.0153. The summed E-state index contributed by atoms with van der Waals surface area (Å²) in [5, 5.41) is 32.5. The number of alkyl carbamates (subject to hydrolysis) is 6. The lowest BCUT2D eigenvalue weighted by Gasteiger charge is -2.27. The summed E-state index contributed by atoms with van der Waals surface area (Å²) < 4.78 is 41.8. The Morgan fingerprint density at radius 3 is 0.593 bits per heavy atom. The number of hydrogen-bond donors (Lipinski definition) is 14. The smallest absolute Gasteiger partial charge is 0.408 e. The van der Waals surface area contributed by atoms with E-state index >= 15 is 0 Å². The van der Waals surface area contributed by atoms with Gasteiger partial charge in [-0.05, 0) is 266 Å². The van der Waals surface area contributed by atoms with E-state index in [9.17, 15) is 67.1 Å². The van der Waals surface area contributed by atoms with Crippen molar-refractivity contribution in [2.75, 3.05) is 53.5 Å². The van der Waals surface area contributed by atoms with E-state index in [1.807, 2.05) is 13.8 Å². The van der Waals surface area contributed by atoms with Crippen LogP contribution in [0.1, 0.15) is 305 Å². The molecular weight excluding hydrogens is 1530 g/mol. The molecule has 0 aliphatic heterocycles. The van der Waals surface area contributed by atoms with Gasteiger partial charge in [0.25, 0.3) is 0 Å². The molecule has 0 fully saturated rings. The maximum Gasteiger partial charge on any atom is 0.408 e. The first-order valence-corrected chi connectivity index (χ1v) is 42.1. The summed E-state index contributed by atoms with van der Waals surface area (Å²) in [7, 11) is 2.44. The first-order valence-electron chi connectivity index (χ1n) is 42.1. The van der Waals surface area contributed by atoms with E-state index in [1.54, 1.807) is 125 Å². The van der Waals surface area contributed by atoms with Crippen molar-refractivity contribution in [3.63, 3.8) is 0 Å². The maximum absolute atomic E-state index is 14.1. The van der Waals surface area contributed by atoms with E-state index in [4.69, 9.17) is 49.4 Å². The zero-order valence-electron chi connectivity index (χ0n) is 75.4. The minimum Gasteiger partial charge on any atom is -0.467 e. The zero-order valence-corrected chi connectivity index (χ0v) is 75.4. The molecule has 118 heavy (non-hydrogen) atoms. The molecule has 0 saturated heterocycles. The molecule has 16 N–H and O–H groups in total. The fraction of sp³-hybridized carbons (Fsp3) is 0.829. The fourth-order valence-electron chi connectivity index (χ4n) is 11.0. The van der Waals surface area contributed by atoms with Gasteiger partial charge in [0.1, 0.15) is 81.9 Å². The van der Waals surface area contributed by atoms with Crippen LogP contribution in [-0.2, 0) is 76.3 Å². The minimum atomic E-state index is -1.19. The van der Waals surface area contributed by atoms with Crippen LogP contribution in [0.3, 0.4) is 0 Å². The topological polar surface area (TPSA) is 509 Å². The highest BCUT2D eigenvalue weighted by Gasteiger charge is 2.36. The summed E-state index contributed by atoms with van der Waals surface area (Å²) >= 11 is 0. The molecule has 0 spiro atoms. The Balaban J connectivity index is 0. The largest absolute Gasteiger partial charge is 0.467 e. The minimum absolute atomic E-state index is 0.0908. The van der Waals surface area contributed by atoms with Gasteiger partial charge in [-0.1, -0.05) is 52.4 Å². The van der Waals surface area contributed by atoms with E-state index in [0.717, 1.165) is 25.7 Å². The number of amides is 12. The Hall–Kier alpha value is -8.70. The second kappa shape index (κ2) is 59.1. The summed E-state index contributed by atoms with van der Waals surface area (Å²) in [5.41, 5.74) is 6.93. The van der Waals surface area contributed by atoms with Crippen LogP contribution in [0.5, 0.6) is 0 Å². The fourth-order valence-corrected chi connectivity index (χ4v) is 11.0. The molecule has 36 nitrogen and oxygen atoms in total. The third kappa shape index (κ3) is 60.7. The lowest BCUT2D eigenvalue weighted by atomic mass is 10.0. The van der Waals surface area contributed by atoms with Gasteiger partial charge < -0.3 is 113 Å². The zero-order chi connectivity index (χ0) is 90.5. The van der Waals surface area contributed by atoms with Crippen LogP contribution in [0.25, 0.3) is 0 Å². The molecule has 0 aromatic carbocycles. The monoisotopic (exact) mass is 1690 g/mol. The normalized spacial score (nSPS) is 13.7. The number of unbranched alkanes of at least 4 members (excludes halogenated alkanes) is 10. The van der Waals surface area contributed by atoms with Crippen molar-refractivity contribution in [3.05, 3.63) is 0 Å². The number of ether oxygens (including phenoxy) is 8. The predicted octanol–water partition coefficient (Wildman–Crippen LogP) is 9.21. The van der Waals surface area contributed by atoms with Crippen LogP contribution in [0.2, 0.25) is 0 Å². The van der Waals surface area contributed by atoms with Gasteiger partial charge in [-0.3, -0.25) is 28.8 Å². The van der Waals surface area contributed by atoms with Gasteiger partial charge in [-0.2, -0.15) is 0 Å². The second-order valence-corrected chi connectivity index (χ2v) is 35.1. The van der Waals surface area contributed by atoms with Gasteiger partial charge in [-0.25, -0.2) is 38.4 Å². The third-order valence-corrected chi connectivity index (χ3v) is 16.6. The highest BCUT2D eigenvalue weighted by Crippen LogP contribution is 2.18. The molecule has 684 valence electrons. The molecule has 0 heterocycles. The van der Waals surface area contributed by atoms with E-state index in [0.29, 0.717) is 116 Å². The molecule has 8 atom stereocenters. The Bertz CT molecular complexity index is 2820. The van der Waals surface area contributed by atoms with Gasteiger partial charge in [0.05, 0.1) is 14.2 Å². The van der Waals surface area contributed by atoms with Crippen molar-refractivity contribution in [2.24, 2.45) is 11.5 Å². The third-order valence-electron chi connectivity index (χ3n) is 16.6. The van der Waals surface area contributed by atoms with Crippen LogP contribution < -0.4 is 75.3 Å². The van der Waals surface area contributed by atoms with Crippen molar-refractivity contribution in [1.82, 2.24) is 63.8 Å². The number of nitrogens with two attached hydrogens (primary N) is 2. The molecule has 2 unspecified atom stereocenters. The van der Waals surface area contributed by atoms with Crippen molar-refractivity contribution in [3.8, 4) is 0 Å². The number of methoxy groups -OCH3 is 2. The van der Waals surface area contributed by atoms with Gasteiger partial charge in [0.15, 0.2) is 0 Å². The highest BCUT2D eigenvalue weighted by molar-refractivity contribution is 5.96. The van der Waals surface area contributed by atoms with Crippen LogP contribution >= 0.6 is 0 Å². The average Bonchev–Trinajstić information content (AvgIpc) is 0.864. The molecule has 12 amide bonds. The standard InChI is InChI=1S/C42H78N6O11.C40H76N8O11/c1-13-15-17-23-31(48-39(55)59-42(9,10)11)35(51)46-29(24-19-21-27-43-37(53)57-40(3,4)5)33(49)45-30(25-20-22-28-44-38(54)58-41(6,7)8)34(50)47-32(36(52)56-12)26-18-16-14-2;1-38(2,3)57-35(53)43-25-17-13-20-27(46-33(51)29(19-11-15-23-41)48-37(55)59-40(7,8)9)31(49)45-28(21-14-18-26-44-36(54)58-39(4,5)6)32(50)47-30(34(52)56-10)22-12-16-24-42/h29-32H,13-28H2,1-12H3,(H,43,53)(H,44,54)(H,45,49)(H,46,51)(H,47,50)(H,48,55);27-30H,11-26,41-42H2,1-10H3,(H,43,53)(H,44,54)(H,45,49)(H,46,51)(H,47,50)(H,48,55)/t29-,30-,31-,32?;27-,28-,29-,30?/m00/s1. The lowest BCUT2D eigenvalue weighted by Crippen LogP contribution is -2.58. The van der Waals surface area contributed by atoms with Crippen molar-refractivity contribution < 1.29 is 105 Å². The maximum atomic E-state index is 14.1. The first-order chi connectivity index (χ1) is 54.8. The molecule has 0 aliphatic rings. The molecule has 0 aliphatic carbocycles. The molecule has 0 rings (SSSR count). The van der Waals surface area contributed by atoms with Crippen LogP contribution in [-0.4, -0.2) is 219 Å². The molecular formula is C82H154N14O22. The Kier molecular flexibility index (Phi) is 55.7. The average molecular weight is 1690 g/mol. The number of carbonyl (C=O) groups is 14. The summed E-state index contributed by atoms with van der Waals surface area (Å²) in [6.45, 7) is 36.9. The molecule has 0 bridgehead atoms. The summed E-state index contributed by atoms with van der Waals surface area (Å²) in [6, 6.07) is -8.67. The van der Waals surface area contributed by atoms with Crippen molar-refractivity contribution in [2.45, 2.75) is 387 Å². The Morgan fingerprint density at radius 1 is 0.237 bits per heavy atom. The summed E-state index contributed by atoms with van der Waals surface area (Å²) in [6.07, 6.45) is 7.70. The second-order valence-electron chi connectivity index (χ2n) is 35.1. The van der Waals surface area contributed by atoms with E-state index in [2.05, 4.69) is 63.8 Å². The highest BCUT2D eigenvalue weighted by atomic mass is 16.6. The predicted molar refractivity (Wildman–Crippen MR) is 448 cm³/mol. The Morgan fingerprint density at radius 2 is 0.407 bits per heavy atom. The van der Waals surface area contributed by atoms with Crippen molar-refractivity contribution in [1.29, 1.82) is 0 Å². The van der Waals surface area contributed by atoms with Gasteiger partial charge >= 0.3 is 48.5 Å². The summed E-state index contributed by atoms with van der Waals surface area (Å²) in [4.78, 5) is 183. The molecule has 0 aromatic rings. The molecule has 0 saturated carbocycles. The van der Waals surface area contributed by atoms with Gasteiger partial charge in [0, 0.05) is 26.2 Å². The molecule has 0 radical (unpaired) electrons. The van der Waals surface area contributed by atoms with Crippen LogP contribution in [0.15, 0.2) is 0 Å². The number of rotatable bonds is 52. The Labute approximate surface area is 702 Å².